The molecule has 2 aromatic carbocycles. The predicted molar refractivity (Wildman–Crippen MR) is 102 cm³/mol. The first-order valence-corrected chi connectivity index (χ1v) is 8.49. The molecule has 6 nitrogen and oxygen atoms in total. The Bertz CT molecular complexity index is 1160. The second-order valence-electron chi connectivity index (χ2n) is 6.17. The molecule has 0 aliphatic heterocycles. The lowest BCUT2D eigenvalue weighted by molar-refractivity contribution is 0.0592. The Balaban J connectivity index is 2.09. The van der Waals surface area contributed by atoms with E-state index in [1.54, 1.807) is 0 Å². The Hall–Kier alpha value is -3.54. The zero-order valence-electron chi connectivity index (χ0n) is 15.0. The van der Waals surface area contributed by atoms with Gasteiger partial charge in [-0.3, -0.25) is 0 Å². The maximum absolute atomic E-state index is 12.4. The number of aromatic amines is 1. The number of fused-ring (bicyclic) bond motifs is 3. The summed E-state index contributed by atoms with van der Waals surface area (Å²) in [5, 5.41) is 1.53. The van der Waals surface area contributed by atoms with Crippen LogP contribution in [0.1, 0.15) is 26.5 Å². The van der Waals surface area contributed by atoms with E-state index in [9.17, 15) is 9.59 Å². The molecule has 1 N–H and O–H groups in total. The Morgan fingerprint density at radius 2 is 1.52 bits per heavy atom. The summed E-state index contributed by atoms with van der Waals surface area (Å²) in [6, 6.07) is 17.7. The number of benzene rings is 2. The maximum atomic E-state index is 12.4. The zero-order valence-corrected chi connectivity index (χ0v) is 15.0. The fraction of sp³-hybridized carbons (Fsp3) is 0.143. The van der Waals surface area contributed by atoms with Crippen molar-refractivity contribution in [2.75, 3.05) is 14.2 Å². The predicted octanol–water partition coefficient (Wildman–Crippen LogP) is 3.74. The minimum Gasteiger partial charge on any atom is -0.464 e. The molecule has 27 heavy (non-hydrogen) atoms. The van der Waals surface area contributed by atoms with Crippen LogP contribution in [0.15, 0.2) is 54.6 Å². The Morgan fingerprint density at radius 3 is 2.22 bits per heavy atom. The van der Waals surface area contributed by atoms with Gasteiger partial charge in [-0.15, -0.1) is 0 Å². The van der Waals surface area contributed by atoms with E-state index in [0.29, 0.717) is 17.4 Å². The van der Waals surface area contributed by atoms with Gasteiger partial charge in [0, 0.05) is 22.8 Å². The molecule has 4 aromatic rings. The normalized spacial score (nSPS) is 11.0. The summed E-state index contributed by atoms with van der Waals surface area (Å²) in [6.07, 6.45) is 0. The molecule has 0 aliphatic rings. The molecule has 136 valence electrons. The molecule has 0 spiro atoms. The van der Waals surface area contributed by atoms with Crippen molar-refractivity contribution < 1.29 is 19.1 Å². The number of aromatic nitrogens is 2. The third-order valence-electron chi connectivity index (χ3n) is 4.67. The number of para-hydroxylation sites is 1. The molecule has 0 radical (unpaired) electrons. The van der Waals surface area contributed by atoms with Crippen molar-refractivity contribution in [3.8, 4) is 0 Å². The largest absolute Gasteiger partial charge is 0.464 e. The minimum atomic E-state index is -0.535. The highest BCUT2D eigenvalue weighted by atomic mass is 16.5. The molecule has 0 fully saturated rings. The standard InChI is InChI=1S/C21H18N2O4/c1-26-20(24)17-16-14-10-6-7-11-15(14)23(12-13-8-4-3-5-9-13)19(16)18(22-17)21(25)27-2/h3-11,22H,12H2,1-2H3. The van der Waals surface area contributed by atoms with E-state index < -0.39 is 11.9 Å². The van der Waals surface area contributed by atoms with Gasteiger partial charge in [0.05, 0.1) is 19.7 Å². The molecule has 0 unspecified atom stereocenters. The van der Waals surface area contributed by atoms with Gasteiger partial charge in [0.15, 0.2) is 0 Å². The SMILES string of the molecule is COC(=O)c1[nH]c(C(=O)OC)c2c1c1ccccc1n2Cc1ccccc1. The summed E-state index contributed by atoms with van der Waals surface area (Å²) < 4.78 is 11.9. The first kappa shape index (κ1) is 16.9. The molecule has 2 aromatic heterocycles. The second-order valence-corrected chi connectivity index (χ2v) is 6.17. The van der Waals surface area contributed by atoms with Crippen molar-refractivity contribution in [3.63, 3.8) is 0 Å². The van der Waals surface area contributed by atoms with E-state index in [-0.39, 0.29) is 11.4 Å². The first-order chi connectivity index (χ1) is 13.2. The van der Waals surface area contributed by atoms with Crippen LogP contribution in [0.25, 0.3) is 21.8 Å². The van der Waals surface area contributed by atoms with E-state index in [1.807, 2.05) is 59.2 Å². The summed E-state index contributed by atoms with van der Waals surface area (Å²) in [5.41, 5.74) is 3.12. The lowest BCUT2D eigenvalue weighted by Crippen LogP contribution is -2.08. The van der Waals surface area contributed by atoms with Crippen molar-refractivity contribution in [2.24, 2.45) is 0 Å². The first-order valence-electron chi connectivity index (χ1n) is 8.49. The highest BCUT2D eigenvalue weighted by Crippen LogP contribution is 2.35. The average Bonchev–Trinajstić information content (AvgIpc) is 3.25. The quantitative estimate of drug-likeness (QED) is 0.561. The number of esters is 2. The van der Waals surface area contributed by atoms with Gasteiger partial charge in [-0.2, -0.15) is 0 Å². The van der Waals surface area contributed by atoms with Gasteiger partial charge >= 0.3 is 11.9 Å². The molecule has 0 aliphatic carbocycles. The molecular formula is C21H18N2O4. The Labute approximate surface area is 155 Å². The molecule has 0 atom stereocenters. The minimum absolute atomic E-state index is 0.236. The van der Waals surface area contributed by atoms with Crippen LogP contribution in [0.2, 0.25) is 0 Å². The lowest BCUT2D eigenvalue weighted by Gasteiger charge is -2.08. The van der Waals surface area contributed by atoms with Crippen LogP contribution in [-0.2, 0) is 16.0 Å². The monoisotopic (exact) mass is 362 g/mol. The Kier molecular flexibility index (Phi) is 4.16. The Morgan fingerprint density at radius 1 is 0.889 bits per heavy atom. The summed E-state index contributed by atoms with van der Waals surface area (Å²) >= 11 is 0. The number of H-pyrrole nitrogens is 1. The number of hydrogen-bond acceptors (Lipinski definition) is 4. The summed E-state index contributed by atoms with van der Waals surface area (Å²) in [4.78, 5) is 27.7. The fourth-order valence-electron chi connectivity index (χ4n) is 3.50. The molecule has 6 heteroatoms. The van der Waals surface area contributed by atoms with Crippen LogP contribution in [0.3, 0.4) is 0 Å². The average molecular weight is 362 g/mol. The van der Waals surface area contributed by atoms with Crippen LogP contribution in [-0.4, -0.2) is 35.7 Å². The number of rotatable bonds is 4. The molecule has 0 amide bonds. The summed E-state index contributed by atoms with van der Waals surface area (Å²) in [7, 11) is 2.63. The van der Waals surface area contributed by atoms with E-state index in [1.165, 1.54) is 14.2 Å². The van der Waals surface area contributed by atoms with E-state index in [4.69, 9.17) is 9.47 Å². The topological polar surface area (TPSA) is 73.3 Å². The molecule has 2 heterocycles. The van der Waals surface area contributed by atoms with Gasteiger partial charge in [0.25, 0.3) is 0 Å². The molecule has 0 saturated carbocycles. The zero-order chi connectivity index (χ0) is 19.0. The highest BCUT2D eigenvalue weighted by molar-refractivity contribution is 6.21. The van der Waals surface area contributed by atoms with Gasteiger partial charge < -0.3 is 19.0 Å². The highest BCUT2D eigenvalue weighted by Gasteiger charge is 2.27. The van der Waals surface area contributed by atoms with Crippen LogP contribution < -0.4 is 0 Å². The van der Waals surface area contributed by atoms with E-state index in [0.717, 1.165) is 16.5 Å². The van der Waals surface area contributed by atoms with Crippen LogP contribution in [0, 0.1) is 0 Å². The van der Waals surface area contributed by atoms with Gasteiger partial charge in [-0.05, 0) is 11.6 Å². The lowest BCUT2D eigenvalue weighted by atomic mass is 10.1. The fourth-order valence-corrected chi connectivity index (χ4v) is 3.50. The second kappa shape index (κ2) is 6.64. The van der Waals surface area contributed by atoms with Gasteiger partial charge in [-0.25, -0.2) is 9.59 Å². The number of carbonyl (C=O) groups excluding carboxylic acids is 2. The van der Waals surface area contributed by atoms with E-state index >= 15 is 0 Å². The van der Waals surface area contributed by atoms with Crippen LogP contribution in [0.4, 0.5) is 0 Å². The van der Waals surface area contributed by atoms with Gasteiger partial charge in [0.1, 0.15) is 11.4 Å². The van der Waals surface area contributed by atoms with Crippen molar-refractivity contribution in [1.82, 2.24) is 9.55 Å². The van der Waals surface area contributed by atoms with Crippen LogP contribution in [0.5, 0.6) is 0 Å². The maximum Gasteiger partial charge on any atom is 0.356 e. The van der Waals surface area contributed by atoms with Gasteiger partial charge in [0.2, 0.25) is 0 Å². The molecule has 0 bridgehead atoms. The number of nitrogens with one attached hydrogen (secondary N) is 1. The van der Waals surface area contributed by atoms with Crippen LogP contribution >= 0.6 is 0 Å². The van der Waals surface area contributed by atoms with E-state index in [2.05, 4.69) is 4.98 Å². The number of carbonyl (C=O) groups is 2. The summed E-state index contributed by atoms with van der Waals surface area (Å²) in [6.45, 7) is 0.549. The smallest absolute Gasteiger partial charge is 0.356 e. The number of methoxy groups -OCH3 is 2. The molecular weight excluding hydrogens is 344 g/mol. The number of nitrogens with zero attached hydrogens (tertiary/aromatic N) is 1. The molecule has 0 saturated heterocycles. The molecule has 4 rings (SSSR count). The third kappa shape index (κ3) is 2.66. The summed E-state index contributed by atoms with van der Waals surface area (Å²) in [5.74, 6) is -1.06. The number of ether oxygens (including phenoxy) is 2. The van der Waals surface area contributed by atoms with Crippen molar-refractivity contribution in [3.05, 3.63) is 71.5 Å². The van der Waals surface area contributed by atoms with Crippen molar-refractivity contribution >= 4 is 33.7 Å². The van der Waals surface area contributed by atoms with Crippen molar-refractivity contribution in [1.29, 1.82) is 0 Å². The van der Waals surface area contributed by atoms with Gasteiger partial charge in [-0.1, -0.05) is 48.5 Å². The third-order valence-corrected chi connectivity index (χ3v) is 4.67. The number of hydrogen-bond donors (Lipinski definition) is 1. The van der Waals surface area contributed by atoms with Crippen molar-refractivity contribution in [2.45, 2.75) is 6.54 Å².